The lowest BCUT2D eigenvalue weighted by Crippen LogP contribution is -2.36. The highest BCUT2D eigenvalue weighted by atomic mass is 79.9. The van der Waals surface area contributed by atoms with Crippen molar-refractivity contribution in [2.24, 2.45) is 0 Å². The number of fused-ring (bicyclic) bond motifs is 1. The summed E-state index contributed by atoms with van der Waals surface area (Å²) in [4.78, 5) is 40.3. The topological polar surface area (TPSA) is 84.0 Å². The van der Waals surface area contributed by atoms with Crippen molar-refractivity contribution in [2.45, 2.75) is 19.4 Å². The smallest absolute Gasteiger partial charge is 0.329 e. The molecule has 0 aliphatic rings. The summed E-state index contributed by atoms with van der Waals surface area (Å²) in [6.07, 6.45) is 0. The summed E-state index contributed by atoms with van der Waals surface area (Å²) in [5, 5.41) is 2.08. The Bertz CT molecular complexity index is 1190. The number of carbonyl (C=O) groups is 1. The summed E-state index contributed by atoms with van der Waals surface area (Å²) in [7, 11) is 1.41. The van der Waals surface area contributed by atoms with Crippen LogP contribution in [-0.4, -0.2) is 22.5 Å². The number of nitrogens with one attached hydrogen (secondary N) is 2. The van der Waals surface area contributed by atoms with Gasteiger partial charge in [0, 0.05) is 17.1 Å². The van der Waals surface area contributed by atoms with Crippen molar-refractivity contribution in [1.29, 1.82) is 0 Å². The van der Waals surface area contributed by atoms with Crippen LogP contribution in [0, 0.1) is 5.82 Å². The molecule has 1 aromatic heterocycles. The Labute approximate surface area is 172 Å². The predicted molar refractivity (Wildman–Crippen MR) is 110 cm³/mol. The molecule has 0 saturated carbocycles. The standard InChI is InChI=1S/C19H16BrClFN3O3/c1-9(17(26)23-2)14-15-13(7-12(21)16(14)22)24-19(28)25(18(15)27)8-10-3-5-11(20)6-4-10/h3-7,9H,8H2,1-2H3,(H,23,26)(H,24,28). The van der Waals surface area contributed by atoms with Crippen molar-refractivity contribution in [3.63, 3.8) is 0 Å². The molecule has 3 aromatic rings. The largest absolute Gasteiger partial charge is 0.359 e. The third-order valence-electron chi connectivity index (χ3n) is 4.53. The number of carbonyl (C=O) groups excluding carboxylic acids is 1. The van der Waals surface area contributed by atoms with Gasteiger partial charge in [0.1, 0.15) is 5.82 Å². The molecule has 28 heavy (non-hydrogen) atoms. The van der Waals surface area contributed by atoms with E-state index in [-0.39, 0.29) is 28.0 Å². The second-order valence-corrected chi connectivity index (χ2v) is 7.62. The van der Waals surface area contributed by atoms with Crippen molar-refractivity contribution in [3.8, 4) is 0 Å². The minimum atomic E-state index is -0.981. The van der Waals surface area contributed by atoms with Crippen molar-refractivity contribution in [1.82, 2.24) is 14.9 Å². The van der Waals surface area contributed by atoms with Crippen LogP contribution in [0.25, 0.3) is 10.9 Å². The maximum absolute atomic E-state index is 14.8. The van der Waals surface area contributed by atoms with E-state index in [2.05, 4.69) is 26.2 Å². The normalized spacial score (nSPS) is 12.2. The first-order valence-electron chi connectivity index (χ1n) is 8.35. The molecule has 2 aromatic carbocycles. The highest BCUT2D eigenvalue weighted by Gasteiger charge is 2.26. The lowest BCUT2D eigenvalue weighted by Gasteiger charge is -2.16. The van der Waals surface area contributed by atoms with Crippen molar-refractivity contribution < 1.29 is 9.18 Å². The van der Waals surface area contributed by atoms with E-state index in [9.17, 15) is 18.8 Å². The third-order valence-corrected chi connectivity index (χ3v) is 5.33. The second-order valence-electron chi connectivity index (χ2n) is 6.29. The van der Waals surface area contributed by atoms with Gasteiger partial charge in [-0.2, -0.15) is 0 Å². The maximum atomic E-state index is 14.8. The average molecular weight is 469 g/mol. The number of amides is 1. The van der Waals surface area contributed by atoms with Gasteiger partial charge in [-0.25, -0.2) is 9.18 Å². The number of likely N-dealkylation sites (N-methyl/N-ethyl adjacent to an activating group) is 1. The Hall–Kier alpha value is -2.45. The maximum Gasteiger partial charge on any atom is 0.329 e. The Morgan fingerprint density at radius 2 is 1.96 bits per heavy atom. The van der Waals surface area contributed by atoms with E-state index in [0.717, 1.165) is 9.04 Å². The van der Waals surface area contributed by atoms with Crippen LogP contribution in [0.4, 0.5) is 4.39 Å². The molecular weight excluding hydrogens is 453 g/mol. The molecule has 0 aliphatic heterocycles. The van der Waals surface area contributed by atoms with Crippen LogP contribution in [0.15, 0.2) is 44.4 Å². The van der Waals surface area contributed by atoms with Gasteiger partial charge in [0.25, 0.3) is 5.56 Å². The highest BCUT2D eigenvalue weighted by Crippen LogP contribution is 2.30. The molecule has 2 N–H and O–H groups in total. The molecule has 1 unspecified atom stereocenters. The fourth-order valence-corrected chi connectivity index (χ4v) is 3.53. The van der Waals surface area contributed by atoms with E-state index in [4.69, 9.17) is 11.6 Å². The molecule has 0 aliphatic carbocycles. The van der Waals surface area contributed by atoms with Crippen LogP contribution in [0.2, 0.25) is 5.02 Å². The van der Waals surface area contributed by atoms with Crippen LogP contribution in [0.5, 0.6) is 0 Å². The second kappa shape index (κ2) is 7.89. The lowest BCUT2D eigenvalue weighted by atomic mass is 9.95. The van der Waals surface area contributed by atoms with Crippen LogP contribution in [0.3, 0.4) is 0 Å². The molecule has 0 spiro atoms. The predicted octanol–water partition coefficient (Wildman–Crippen LogP) is 3.14. The van der Waals surface area contributed by atoms with Gasteiger partial charge in [0.2, 0.25) is 5.91 Å². The fraction of sp³-hybridized carbons (Fsp3) is 0.211. The van der Waals surface area contributed by atoms with Gasteiger partial charge >= 0.3 is 5.69 Å². The molecule has 0 radical (unpaired) electrons. The summed E-state index contributed by atoms with van der Waals surface area (Å²) >= 11 is 9.26. The highest BCUT2D eigenvalue weighted by molar-refractivity contribution is 9.10. The van der Waals surface area contributed by atoms with E-state index in [0.29, 0.717) is 5.56 Å². The zero-order chi connectivity index (χ0) is 20.6. The molecule has 1 amide bonds. The molecule has 6 nitrogen and oxygen atoms in total. The molecule has 1 heterocycles. The van der Waals surface area contributed by atoms with E-state index < -0.39 is 28.9 Å². The third kappa shape index (κ3) is 3.62. The van der Waals surface area contributed by atoms with E-state index in [1.807, 2.05) is 0 Å². The number of nitrogens with zero attached hydrogens (tertiary/aromatic N) is 1. The van der Waals surface area contributed by atoms with Gasteiger partial charge in [0.05, 0.1) is 28.4 Å². The first-order chi connectivity index (χ1) is 13.2. The number of hydrogen-bond acceptors (Lipinski definition) is 3. The summed E-state index contributed by atoms with van der Waals surface area (Å²) in [5.41, 5.74) is -0.693. The molecule has 1 atom stereocenters. The zero-order valence-corrected chi connectivity index (χ0v) is 17.3. The SMILES string of the molecule is CNC(=O)C(C)c1c(F)c(Cl)cc2[nH]c(=O)n(Cc3ccc(Br)cc3)c(=O)c12. The van der Waals surface area contributed by atoms with Crippen molar-refractivity contribution >= 4 is 44.3 Å². The van der Waals surface area contributed by atoms with Crippen LogP contribution in [-0.2, 0) is 11.3 Å². The van der Waals surface area contributed by atoms with Gasteiger partial charge in [-0.3, -0.25) is 14.2 Å². The van der Waals surface area contributed by atoms with Gasteiger partial charge < -0.3 is 10.3 Å². The van der Waals surface area contributed by atoms with Gasteiger partial charge in [-0.1, -0.05) is 39.7 Å². The van der Waals surface area contributed by atoms with Crippen molar-refractivity contribution in [2.75, 3.05) is 7.05 Å². The van der Waals surface area contributed by atoms with Gasteiger partial charge in [0.15, 0.2) is 0 Å². The van der Waals surface area contributed by atoms with Gasteiger partial charge in [-0.05, 0) is 30.7 Å². The molecule has 146 valence electrons. The number of benzene rings is 2. The Morgan fingerprint density at radius 3 is 2.57 bits per heavy atom. The van der Waals surface area contributed by atoms with E-state index in [1.54, 1.807) is 24.3 Å². The number of H-pyrrole nitrogens is 1. The number of halogens is 3. The first kappa shape index (κ1) is 20.3. The molecule has 0 fully saturated rings. The Morgan fingerprint density at radius 1 is 1.32 bits per heavy atom. The number of aromatic amines is 1. The van der Waals surface area contributed by atoms with Gasteiger partial charge in [-0.15, -0.1) is 0 Å². The number of rotatable bonds is 4. The molecule has 0 bridgehead atoms. The fourth-order valence-electron chi connectivity index (χ4n) is 3.05. The molecule has 9 heteroatoms. The minimum absolute atomic E-state index is 0.00454. The zero-order valence-electron chi connectivity index (χ0n) is 15.0. The average Bonchev–Trinajstić information content (AvgIpc) is 2.67. The summed E-state index contributed by atoms with van der Waals surface area (Å²) in [6.45, 7) is 1.46. The number of aromatic nitrogens is 2. The van der Waals surface area contributed by atoms with Crippen LogP contribution >= 0.6 is 27.5 Å². The minimum Gasteiger partial charge on any atom is -0.359 e. The van der Waals surface area contributed by atoms with E-state index in [1.165, 1.54) is 20.0 Å². The molecular formula is C19H16BrClFN3O3. The summed E-state index contributed by atoms with van der Waals surface area (Å²) < 4.78 is 16.6. The monoisotopic (exact) mass is 467 g/mol. The van der Waals surface area contributed by atoms with Crippen LogP contribution in [0.1, 0.15) is 24.0 Å². The summed E-state index contributed by atoms with van der Waals surface area (Å²) in [5.74, 6) is -2.32. The lowest BCUT2D eigenvalue weighted by molar-refractivity contribution is -0.121. The quantitative estimate of drug-likeness (QED) is 0.617. The van der Waals surface area contributed by atoms with Crippen LogP contribution < -0.4 is 16.6 Å². The molecule has 3 rings (SSSR count). The number of hydrogen-bond donors (Lipinski definition) is 2. The molecule has 0 saturated heterocycles. The van der Waals surface area contributed by atoms with Crippen molar-refractivity contribution in [3.05, 3.63) is 77.6 Å². The van der Waals surface area contributed by atoms with E-state index >= 15 is 0 Å². The Kier molecular flexibility index (Phi) is 5.71. The first-order valence-corrected chi connectivity index (χ1v) is 9.52. The Balaban J connectivity index is 2.30. The summed E-state index contributed by atoms with van der Waals surface area (Å²) in [6, 6.07) is 8.27.